The van der Waals surface area contributed by atoms with Gasteiger partial charge in [0.25, 0.3) is 0 Å². The summed E-state index contributed by atoms with van der Waals surface area (Å²) in [6.07, 6.45) is 3.91. The molecule has 0 bridgehead atoms. The van der Waals surface area contributed by atoms with Crippen molar-refractivity contribution in [3.63, 3.8) is 0 Å². The number of ether oxygens (including phenoxy) is 2. The van der Waals surface area contributed by atoms with Crippen LogP contribution in [0.2, 0.25) is 0 Å². The lowest BCUT2D eigenvalue weighted by atomic mass is 9.68. The zero-order valence-electron chi connectivity index (χ0n) is 17.2. The van der Waals surface area contributed by atoms with Gasteiger partial charge in [0.15, 0.2) is 6.10 Å². The number of aliphatic carboxylic acids is 1. The molecule has 1 heterocycles. The number of carboxylic acid groups (broad SMARTS) is 1. The molecule has 0 radical (unpaired) electrons. The summed E-state index contributed by atoms with van der Waals surface area (Å²) >= 11 is 0. The van der Waals surface area contributed by atoms with Crippen LogP contribution in [-0.2, 0) is 16.0 Å². The first-order valence-electron chi connectivity index (χ1n) is 9.99. The van der Waals surface area contributed by atoms with Crippen molar-refractivity contribution in [2.75, 3.05) is 6.61 Å². The van der Waals surface area contributed by atoms with Crippen molar-refractivity contribution < 1.29 is 19.4 Å². The topological polar surface area (TPSA) is 55.8 Å². The minimum absolute atomic E-state index is 0.0910. The molecule has 0 saturated carbocycles. The van der Waals surface area contributed by atoms with E-state index in [-0.39, 0.29) is 5.41 Å². The summed E-state index contributed by atoms with van der Waals surface area (Å²) in [5, 5.41) is 9.94. The second-order valence-electron chi connectivity index (χ2n) is 9.36. The van der Waals surface area contributed by atoms with Crippen molar-refractivity contribution in [3.8, 4) is 5.75 Å². The number of hydrogen-bond donors (Lipinski definition) is 1. The van der Waals surface area contributed by atoms with Crippen molar-refractivity contribution >= 4 is 11.5 Å². The first kappa shape index (κ1) is 19.9. The van der Waals surface area contributed by atoms with E-state index in [9.17, 15) is 9.90 Å². The van der Waals surface area contributed by atoms with Crippen molar-refractivity contribution in [2.24, 2.45) is 5.41 Å². The lowest BCUT2D eigenvalue weighted by Gasteiger charge is -2.39. The first-order valence-corrected chi connectivity index (χ1v) is 9.99. The van der Waals surface area contributed by atoms with Crippen LogP contribution in [0.15, 0.2) is 23.8 Å². The molecule has 1 aromatic rings. The van der Waals surface area contributed by atoms with Crippen LogP contribution in [0.4, 0.5) is 0 Å². The number of hydrogen-bond acceptors (Lipinski definition) is 3. The summed E-state index contributed by atoms with van der Waals surface area (Å²) in [5.74, 6) is 0.0536. The van der Waals surface area contributed by atoms with Gasteiger partial charge in [0.05, 0.1) is 12.2 Å². The highest BCUT2D eigenvalue weighted by Crippen LogP contribution is 2.48. The minimum atomic E-state index is -0.910. The van der Waals surface area contributed by atoms with E-state index >= 15 is 0 Å². The molecule has 1 aliphatic carbocycles. The minimum Gasteiger partial charge on any atom is -0.493 e. The Bertz CT molecular complexity index is 752. The summed E-state index contributed by atoms with van der Waals surface area (Å²) in [6, 6.07) is 6.33. The van der Waals surface area contributed by atoms with Gasteiger partial charge >= 0.3 is 5.97 Å². The molecule has 0 amide bonds. The van der Waals surface area contributed by atoms with Gasteiger partial charge in [-0.2, -0.15) is 0 Å². The first-order chi connectivity index (χ1) is 12.6. The van der Waals surface area contributed by atoms with Crippen molar-refractivity contribution in [1.29, 1.82) is 0 Å². The lowest BCUT2D eigenvalue weighted by molar-refractivity contribution is -0.156. The summed E-state index contributed by atoms with van der Waals surface area (Å²) < 4.78 is 11.8. The van der Waals surface area contributed by atoms with Crippen LogP contribution in [0, 0.1) is 5.41 Å². The van der Waals surface area contributed by atoms with Crippen LogP contribution in [0.25, 0.3) is 5.57 Å². The Hall–Kier alpha value is -1.81. The van der Waals surface area contributed by atoms with E-state index < -0.39 is 17.7 Å². The van der Waals surface area contributed by atoms with E-state index in [1.54, 1.807) is 0 Å². The fourth-order valence-corrected chi connectivity index (χ4v) is 4.38. The van der Waals surface area contributed by atoms with Gasteiger partial charge in [-0.1, -0.05) is 19.9 Å². The van der Waals surface area contributed by atoms with E-state index in [4.69, 9.17) is 9.47 Å². The molecule has 0 spiro atoms. The summed E-state index contributed by atoms with van der Waals surface area (Å²) in [7, 11) is 0. The van der Waals surface area contributed by atoms with Crippen LogP contribution < -0.4 is 4.74 Å². The molecule has 1 N–H and O–H groups in total. The Balaban J connectivity index is 2.14. The Morgan fingerprint density at radius 3 is 2.63 bits per heavy atom. The number of benzene rings is 1. The molecule has 0 aromatic heterocycles. The molecule has 1 unspecified atom stereocenters. The lowest BCUT2D eigenvalue weighted by Crippen LogP contribution is -2.37. The Morgan fingerprint density at radius 1 is 1.22 bits per heavy atom. The number of rotatable bonds is 4. The predicted octanol–water partition coefficient (Wildman–Crippen LogP) is 5.24. The van der Waals surface area contributed by atoms with Crippen LogP contribution in [0.5, 0.6) is 5.75 Å². The average Bonchev–Trinajstić information content (AvgIpc) is 2.57. The van der Waals surface area contributed by atoms with Gasteiger partial charge < -0.3 is 14.6 Å². The fourth-order valence-electron chi connectivity index (χ4n) is 4.38. The van der Waals surface area contributed by atoms with E-state index in [1.165, 1.54) is 5.56 Å². The van der Waals surface area contributed by atoms with E-state index in [2.05, 4.69) is 26.0 Å². The summed E-state index contributed by atoms with van der Waals surface area (Å²) in [4.78, 5) is 12.1. The van der Waals surface area contributed by atoms with Crippen molar-refractivity contribution in [3.05, 3.63) is 34.9 Å². The number of fused-ring (bicyclic) bond motifs is 1. The number of allylic oxidation sites excluding steroid dienone is 1. The second kappa shape index (κ2) is 7.31. The maximum absolute atomic E-state index is 12.1. The fraction of sp³-hybridized carbons (Fsp3) is 0.609. The standard InChI is InChI=1S/C23H32O4/c1-22(2,3)27-20(21(24)25)17-9-6-12-23(4,5)19(17)16-10-11-18-15(14-16)8-7-13-26-18/h10-11,14,20H,6-9,12-13H2,1-5H3,(H,24,25). The maximum Gasteiger partial charge on any atom is 0.337 e. The SMILES string of the molecule is CC(C)(C)OC(C(=O)O)C1=C(c2ccc3c(c2)CCCO3)C(C)(C)CCC1. The zero-order valence-corrected chi connectivity index (χ0v) is 17.2. The number of carbonyl (C=O) groups is 1. The molecule has 4 heteroatoms. The van der Waals surface area contributed by atoms with Crippen LogP contribution in [0.1, 0.15) is 71.4 Å². The second-order valence-corrected chi connectivity index (χ2v) is 9.36. The van der Waals surface area contributed by atoms with Crippen molar-refractivity contribution in [2.45, 2.75) is 78.4 Å². The summed E-state index contributed by atoms with van der Waals surface area (Å²) in [5.41, 5.74) is 3.78. The number of carboxylic acids is 1. The molecule has 1 aromatic carbocycles. The predicted molar refractivity (Wildman–Crippen MR) is 107 cm³/mol. The monoisotopic (exact) mass is 372 g/mol. The molecular formula is C23H32O4. The van der Waals surface area contributed by atoms with Crippen molar-refractivity contribution in [1.82, 2.24) is 0 Å². The average molecular weight is 373 g/mol. The Kier molecular flexibility index (Phi) is 5.40. The molecule has 27 heavy (non-hydrogen) atoms. The third-order valence-corrected chi connectivity index (χ3v) is 5.46. The van der Waals surface area contributed by atoms with Crippen LogP contribution >= 0.6 is 0 Å². The van der Waals surface area contributed by atoms with Gasteiger partial charge in [-0.05, 0) is 92.7 Å². The van der Waals surface area contributed by atoms with Gasteiger partial charge in [-0.15, -0.1) is 0 Å². The third kappa shape index (κ3) is 4.37. The maximum atomic E-state index is 12.1. The Morgan fingerprint density at radius 2 is 1.96 bits per heavy atom. The van der Waals surface area contributed by atoms with Gasteiger partial charge in [0.1, 0.15) is 5.75 Å². The van der Waals surface area contributed by atoms with Gasteiger partial charge in [-0.3, -0.25) is 0 Å². The van der Waals surface area contributed by atoms with E-state index in [0.29, 0.717) is 0 Å². The van der Waals surface area contributed by atoms with Gasteiger partial charge in [0, 0.05) is 0 Å². The third-order valence-electron chi connectivity index (χ3n) is 5.46. The largest absolute Gasteiger partial charge is 0.493 e. The highest BCUT2D eigenvalue weighted by molar-refractivity contribution is 5.84. The summed E-state index contributed by atoms with van der Waals surface area (Å²) in [6.45, 7) is 10.9. The molecule has 0 fully saturated rings. The van der Waals surface area contributed by atoms with E-state index in [1.807, 2.05) is 26.8 Å². The van der Waals surface area contributed by atoms with Gasteiger partial charge in [0.2, 0.25) is 0 Å². The molecule has 1 aliphatic heterocycles. The van der Waals surface area contributed by atoms with Gasteiger partial charge in [-0.25, -0.2) is 4.79 Å². The molecule has 0 saturated heterocycles. The molecule has 2 aliphatic rings. The molecule has 3 rings (SSSR count). The van der Waals surface area contributed by atoms with Crippen LogP contribution in [0.3, 0.4) is 0 Å². The molecule has 4 nitrogen and oxygen atoms in total. The zero-order chi connectivity index (χ0) is 19.8. The number of aryl methyl sites for hydroxylation is 1. The van der Waals surface area contributed by atoms with E-state index in [0.717, 1.165) is 61.2 Å². The molecule has 1 atom stereocenters. The Labute approximate surface area is 162 Å². The molecular weight excluding hydrogens is 340 g/mol. The smallest absolute Gasteiger partial charge is 0.337 e. The highest BCUT2D eigenvalue weighted by Gasteiger charge is 2.38. The quantitative estimate of drug-likeness (QED) is 0.785. The van der Waals surface area contributed by atoms with Crippen LogP contribution in [-0.4, -0.2) is 29.4 Å². The molecule has 148 valence electrons. The highest BCUT2D eigenvalue weighted by atomic mass is 16.5. The normalized spacial score (nSPS) is 20.6.